The first kappa shape index (κ1) is 19.9. The Bertz CT molecular complexity index is 793. The van der Waals surface area contributed by atoms with Crippen LogP contribution in [-0.2, 0) is 6.42 Å². The molecule has 0 spiro atoms. The molecular weight excluding hydrogens is 330 g/mol. The summed E-state index contributed by atoms with van der Waals surface area (Å²) in [5.74, 6) is 0.246. The van der Waals surface area contributed by atoms with E-state index in [1.807, 2.05) is 6.07 Å². The van der Waals surface area contributed by atoms with Crippen LogP contribution in [0.4, 0.5) is 0 Å². The van der Waals surface area contributed by atoms with Gasteiger partial charge in [0.15, 0.2) is 0 Å². The Kier molecular flexibility index (Phi) is 6.18. The molecule has 2 heteroatoms. The zero-order valence-electron chi connectivity index (χ0n) is 17.2. The van der Waals surface area contributed by atoms with Crippen molar-refractivity contribution in [1.82, 2.24) is 4.90 Å². The predicted octanol–water partition coefficient (Wildman–Crippen LogP) is 5.02. The first-order valence-electron chi connectivity index (χ1n) is 10.1. The zero-order valence-corrected chi connectivity index (χ0v) is 17.2. The van der Waals surface area contributed by atoms with Gasteiger partial charge in [-0.1, -0.05) is 60.2 Å². The van der Waals surface area contributed by atoms with Crippen LogP contribution in [0, 0.1) is 19.8 Å². The van der Waals surface area contributed by atoms with E-state index >= 15 is 0 Å². The van der Waals surface area contributed by atoms with Crippen molar-refractivity contribution in [3.8, 4) is 0 Å². The van der Waals surface area contributed by atoms with Crippen LogP contribution in [0.2, 0.25) is 0 Å². The van der Waals surface area contributed by atoms with E-state index in [9.17, 15) is 5.11 Å². The maximum absolute atomic E-state index is 12.1. The van der Waals surface area contributed by atoms with Crippen molar-refractivity contribution in [2.75, 3.05) is 20.6 Å². The van der Waals surface area contributed by atoms with Crippen molar-refractivity contribution in [1.29, 1.82) is 0 Å². The van der Waals surface area contributed by atoms with Gasteiger partial charge < -0.3 is 10.0 Å². The quantitative estimate of drug-likeness (QED) is 0.806. The number of benzene rings is 2. The molecule has 0 saturated heterocycles. The molecule has 27 heavy (non-hydrogen) atoms. The van der Waals surface area contributed by atoms with Crippen LogP contribution in [0.25, 0.3) is 6.08 Å². The van der Waals surface area contributed by atoms with E-state index in [4.69, 9.17) is 0 Å². The largest absolute Gasteiger partial charge is 0.385 e. The summed E-state index contributed by atoms with van der Waals surface area (Å²) < 4.78 is 0. The second kappa shape index (κ2) is 8.41. The van der Waals surface area contributed by atoms with Gasteiger partial charge in [-0.05, 0) is 69.5 Å². The second-order valence-electron chi connectivity index (χ2n) is 8.46. The van der Waals surface area contributed by atoms with Crippen LogP contribution < -0.4 is 0 Å². The molecule has 1 fully saturated rings. The molecule has 0 aliphatic heterocycles. The van der Waals surface area contributed by atoms with E-state index in [-0.39, 0.29) is 5.92 Å². The van der Waals surface area contributed by atoms with Gasteiger partial charge in [-0.2, -0.15) is 0 Å². The van der Waals surface area contributed by atoms with Crippen LogP contribution in [0.3, 0.4) is 0 Å². The Morgan fingerprint density at radius 2 is 1.85 bits per heavy atom. The lowest BCUT2D eigenvalue weighted by molar-refractivity contribution is -0.0124. The highest BCUT2D eigenvalue weighted by Crippen LogP contribution is 2.42. The van der Waals surface area contributed by atoms with Crippen LogP contribution in [0.5, 0.6) is 0 Å². The molecule has 0 heterocycles. The molecule has 0 amide bonds. The maximum Gasteiger partial charge on any atom is 0.0940 e. The van der Waals surface area contributed by atoms with Crippen LogP contribution in [-0.4, -0.2) is 36.2 Å². The molecule has 2 atom stereocenters. The molecule has 1 aliphatic carbocycles. The molecule has 1 aliphatic rings. The highest BCUT2D eigenvalue weighted by molar-refractivity contribution is 5.56. The maximum atomic E-state index is 12.1. The summed E-state index contributed by atoms with van der Waals surface area (Å²) in [6.07, 6.45) is 6.11. The lowest BCUT2D eigenvalue weighted by Gasteiger charge is -2.44. The summed E-state index contributed by atoms with van der Waals surface area (Å²) in [4.78, 5) is 2.21. The van der Waals surface area contributed by atoms with E-state index in [0.717, 1.165) is 25.8 Å². The van der Waals surface area contributed by atoms with E-state index in [1.54, 1.807) is 0 Å². The fraction of sp³-hybridized carbons (Fsp3) is 0.440. The van der Waals surface area contributed by atoms with Gasteiger partial charge in [0.25, 0.3) is 0 Å². The zero-order chi connectivity index (χ0) is 19.4. The number of aryl methyl sites for hydroxylation is 2. The van der Waals surface area contributed by atoms with Gasteiger partial charge in [0.2, 0.25) is 0 Å². The third-order valence-corrected chi connectivity index (χ3v) is 5.92. The average molecular weight is 364 g/mol. The molecule has 144 valence electrons. The Morgan fingerprint density at radius 1 is 1.11 bits per heavy atom. The van der Waals surface area contributed by atoms with Gasteiger partial charge >= 0.3 is 0 Å². The highest BCUT2D eigenvalue weighted by atomic mass is 16.3. The summed E-state index contributed by atoms with van der Waals surface area (Å²) in [5, 5.41) is 12.1. The number of aliphatic hydroxyl groups is 1. The first-order chi connectivity index (χ1) is 12.9. The van der Waals surface area contributed by atoms with Crippen LogP contribution in [0.1, 0.15) is 41.5 Å². The van der Waals surface area contributed by atoms with E-state index < -0.39 is 5.60 Å². The summed E-state index contributed by atoms with van der Waals surface area (Å²) in [7, 11) is 4.21. The van der Waals surface area contributed by atoms with E-state index in [0.29, 0.717) is 6.42 Å². The Hall–Kier alpha value is -1.90. The molecule has 0 bridgehead atoms. The molecule has 0 aromatic heterocycles. The number of nitrogens with zero attached hydrogens (tertiary/aromatic N) is 1. The Labute approximate surface area is 164 Å². The molecular formula is C25H33NO. The van der Waals surface area contributed by atoms with Crippen LogP contribution in [0.15, 0.2) is 54.1 Å². The monoisotopic (exact) mass is 363 g/mol. The molecule has 1 N–H and O–H groups in total. The highest BCUT2D eigenvalue weighted by Gasteiger charge is 2.42. The third-order valence-electron chi connectivity index (χ3n) is 5.92. The molecule has 2 nitrogen and oxygen atoms in total. The number of hydrogen-bond donors (Lipinski definition) is 1. The number of rotatable bonds is 5. The lowest BCUT2D eigenvalue weighted by atomic mass is 9.68. The average Bonchev–Trinajstić information content (AvgIpc) is 2.62. The molecule has 0 radical (unpaired) electrons. The predicted molar refractivity (Wildman–Crippen MR) is 115 cm³/mol. The van der Waals surface area contributed by atoms with Crippen molar-refractivity contribution < 1.29 is 5.11 Å². The van der Waals surface area contributed by atoms with Crippen molar-refractivity contribution in [3.05, 3.63) is 76.4 Å². The van der Waals surface area contributed by atoms with E-state index in [2.05, 4.69) is 81.4 Å². The summed E-state index contributed by atoms with van der Waals surface area (Å²) in [5.41, 5.74) is 5.36. The molecule has 2 unspecified atom stereocenters. The smallest absolute Gasteiger partial charge is 0.0940 e. The Morgan fingerprint density at radius 3 is 2.56 bits per heavy atom. The van der Waals surface area contributed by atoms with Crippen LogP contribution >= 0.6 is 0 Å². The van der Waals surface area contributed by atoms with Gasteiger partial charge in [0.1, 0.15) is 0 Å². The minimum Gasteiger partial charge on any atom is -0.385 e. The fourth-order valence-corrected chi connectivity index (χ4v) is 4.43. The summed E-state index contributed by atoms with van der Waals surface area (Å²) in [6.45, 7) is 5.20. The summed E-state index contributed by atoms with van der Waals surface area (Å²) >= 11 is 0. The standard InChI is InChI=1S/C25H33NO/c1-19-13-14-20(2)22(15-19)17-25(27)23(16-21-9-6-5-7-10-21)11-8-12-24(25)18-26(3)4/h5-7,9-10,13-16,24,27H,8,11-12,17-18H2,1-4H3/b23-16+. The minimum absolute atomic E-state index is 0.246. The third kappa shape index (κ3) is 4.69. The van der Waals surface area contributed by atoms with E-state index in [1.165, 1.54) is 27.8 Å². The second-order valence-corrected chi connectivity index (χ2v) is 8.46. The Balaban J connectivity index is 2.03. The number of hydrogen-bond acceptors (Lipinski definition) is 2. The van der Waals surface area contributed by atoms with Gasteiger partial charge in [-0.25, -0.2) is 0 Å². The van der Waals surface area contributed by atoms with Gasteiger partial charge in [-0.15, -0.1) is 0 Å². The minimum atomic E-state index is -0.795. The SMILES string of the molecule is Cc1ccc(C)c(CC2(O)/C(=C/c3ccccc3)CCCC2CN(C)C)c1. The van der Waals surface area contributed by atoms with Gasteiger partial charge in [0.05, 0.1) is 5.60 Å². The fourth-order valence-electron chi connectivity index (χ4n) is 4.43. The topological polar surface area (TPSA) is 23.5 Å². The van der Waals surface area contributed by atoms with Crippen molar-refractivity contribution >= 4 is 6.08 Å². The van der Waals surface area contributed by atoms with Crippen molar-refractivity contribution in [3.63, 3.8) is 0 Å². The first-order valence-corrected chi connectivity index (χ1v) is 10.1. The lowest BCUT2D eigenvalue weighted by Crippen LogP contribution is -2.48. The molecule has 3 rings (SSSR count). The normalized spacial score (nSPS) is 24.5. The molecule has 2 aromatic rings. The van der Waals surface area contributed by atoms with Crippen molar-refractivity contribution in [2.45, 2.75) is 45.1 Å². The molecule has 1 saturated carbocycles. The molecule has 2 aromatic carbocycles. The van der Waals surface area contributed by atoms with Gasteiger partial charge in [-0.3, -0.25) is 0 Å². The summed E-state index contributed by atoms with van der Waals surface area (Å²) in [6, 6.07) is 17.0. The van der Waals surface area contributed by atoms with Gasteiger partial charge in [0, 0.05) is 18.9 Å². The van der Waals surface area contributed by atoms with Crippen molar-refractivity contribution in [2.24, 2.45) is 5.92 Å².